The molecular formula is C19H24O6. The van der Waals surface area contributed by atoms with Crippen LogP contribution in [0.3, 0.4) is 0 Å². The van der Waals surface area contributed by atoms with E-state index in [0.29, 0.717) is 23.3 Å². The fraction of sp³-hybridized carbons (Fsp3) is 0.474. The van der Waals surface area contributed by atoms with Gasteiger partial charge >= 0.3 is 11.9 Å². The number of carbonyl (C=O) groups is 2. The number of aryl methyl sites for hydroxylation is 1. The largest absolute Gasteiger partial charge is 0.508 e. The Morgan fingerprint density at radius 1 is 1.40 bits per heavy atom. The minimum atomic E-state index is -1.29. The summed E-state index contributed by atoms with van der Waals surface area (Å²) in [6.45, 7) is 6.46. The van der Waals surface area contributed by atoms with Crippen molar-refractivity contribution >= 4 is 11.9 Å². The highest BCUT2D eigenvalue weighted by Gasteiger charge is 2.32. The van der Waals surface area contributed by atoms with Crippen LogP contribution in [0, 0.1) is 0 Å². The molecule has 1 aliphatic rings. The summed E-state index contributed by atoms with van der Waals surface area (Å²) in [5.41, 5.74) is 0.474. The summed E-state index contributed by atoms with van der Waals surface area (Å²) in [7, 11) is 0. The zero-order chi connectivity index (χ0) is 18.8. The second-order valence-electron chi connectivity index (χ2n) is 6.79. The topological polar surface area (TPSA) is 93.1 Å². The lowest BCUT2D eigenvalue weighted by atomic mass is 9.92. The maximum absolute atomic E-state index is 12.1. The van der Waals surface area contributed by atoms with Crippen LogP contribution in [0.25, 0.3) is 0 Å². The number of aromatic hydroxyl groups is 1. The molecule has 0 bridgehead atoms. The molecule has 2 N–H and O–H groups in total. The molecule has 25 heavy (non-hydrogen) atoms. The highest BCUT2D eigenvalue weighted by atomic mass is 16.6. The van der Waals surface area contributed by atoms with Gasteiger partial charge in [0.1, 0.15) is 17.6 Å². The van der Waals surface area contributed by atoms with Crippen LogP contribution in [0.2, 0.25) is 0 Å². The van der Waals surface area contributed by atoms with Crippen molar-refractivity contribution in [3.8, 4) is 11.5 Å². The summed E-state index contributed by atoms with van der Waals surface area (Å²) in [5.74, 6) is -0.564. The van der Waals surface area contributed by atoms with Gasteiger partial charge in [-0.1, -0.05) is 6.08 Å². The first kappa shape index (κ1) is 19.0. The van der Waals surface area contributed by atoms with Crippen molar-refractivity contribution in [2.24, 2.45) is 0 Å². The van der Waals surface area contributed by atoms with E-state index in [1.807, 2.05) is 0 Å². The molecule has 0 fully saturated rings. The zero-order valence-electron chi connectivity index (χ0n) is 15.0. The van der Waals surface area contributed by atoms with Crippen molar-refractivity contribution < 1.29 is 29.3 Å². The molecule has 0 amide bonds. The smallest absolute Gasteiger partial charge is 0.333 e. The van der Waals surface area contributed by atoms with E-state index >= 15 is 0 Å². The van der Waals surface area contributed by atoms with Crippen LogP contribution in [0.5, 0.6) is 11.5 Å². The minimum absolute atomic E-state index is 0.0681. The molecule has 0 saturated heterocycles. The van der Waals surface area contributed by atoms with Gasteiger partial charge < -0.3 is 19.7 Å². The third kappa shape index (κ3) is 4.60. The second-order valence-corrected chi connectivity index (χ2v) is 6.79. The number of esters is 2. The SMILES string of the molecule is C/C=C(/C)C(=O)O[C@H](Cc1cc2c(cc1O)OC(=O)CC2)C(C)(C)O. The number of ether oxygens (including phenoxy) is 2. The normalized spacial score (nSPS) is 16.0. The van der Waals surface area contributed by atoms with Crippen molar-refractivity contribution in [1.29, 1.82) is 0 Å². The van der Waals surface area contributed by atoms with Gasteiger partial charge in [-0.25, -0.2) is 4.79 Å². The quantitative estimate of drug-likeness (QED) is 0.482. The van der Waals surface area contributed by atoms with E-state index < -0.39 is 17.7 Å². The number of rotatable bonds is 5. The molecule has 0 spiro atoms. The third-order valence-corrected chi connectivity index (χ3v) is 4.28. The predicted octanol–water partition coefficient (Wildman–Crippen LogP) is 2.44. The van der Waals surface area contributed by atoms with Gasteiger partial charge in [-0.2, -0.15) is 0 Å². The van der Waals surface area contributed by atoms with E-state index in [4.69, 9.17) is 9.47 Å². The van der Waals surface area contributed by atoms with E-state index in [1.54, 1.807) is 39.8 Å². The number of fused-ring (bicyclic) bond motifs is 1. The van der Waals surface area contributed by atoms with Gasteiger partial charge in [0.15, 0.2) is 0 Å². The maximum Gasteiger partial charge on any atom is 0.333 e. The third-order valence-electron chi connectivity index (χ3n) is 4.28. The van der Waals surface area contributed by atoms with Crippen molar-refractivity contribution in [2.45, 2.75) is 58.7 Å². The summed E-state index contributed by atoms with van der Waals surface area (Å²) in [5, 5.41) is 20.6. The molecule has 6 nitrogen and oxygen atoms in total. The average Bonchev–Trinajstić information content (AvgIpc) is 2.53. The summed E-state index contributed by atoms with van der Waals surface area (Å²) in [6, 6.07) is 3.12. The van der Waals surface area contributed by atoms with Crippen LogP contribution in [-0.2, 0) is 27.2 Å². The number of phenols is 1. The van der Waals surface area contributed by atoms with Crippen LogP contribution in [0.15, 0.2) is 23.8 Å². The first-order chi connectivity index (χ1) is 11.6. The summed E-state index contributed by atoms with van der Waals surface area (Å²) in [6.07, 6.45) is 1.73. The van der Waals surface area contributed by atoms with Crippen molar-refractivity contribution in [3.05, 3.63) is 34.9 Å². The van der Waals surface area contributed by atoms with Crippen LogP contribution < -0.4 is 4.74 Å². The average molecular weight is 348 g/mol. The Bertz CT molecular complexity index is 711. The predicted molar refractivity (Wildman–Crippen MR) is 91.4 cm³/mol. The van der Waals surface area contributed by atoms with Crippen LogP contribution in [-0.4, -0.2) is 33.9 Å². The molecule has 1 aromatic rings. The summed E-state index contributed by atoms with van der Waals surface area (Å²) in [4.78, 5) is 23.4. The highest BCUT2D eigenvalue weighted by molar-refractivity contribution is 5.87. The van der Waals surface area contributed by atoms with Gasteiger partial charge in [-0.3, -0.25) is 4.79 Å². The maximum atomic E-state index is 12.1. The summed E-state index contributed by atoms with van der Waals surface area (Å²) < 4.78 is 10.5. The van der Waals surface area contributed by atoms with E-state index in [0.717, 1.165) is 5.56 Å². The Labute approximate surface area is 147 Å². The lowest BCUT2D eigenvalue weighted by Crippen LogP contribution is -2.41. The van der Waals surface area contributed by atoms with Crippen molar-refractivity contribution in [1.82, 2.24) is 0 Å². The molecule has 2 rings (SSSR count). The number of hydrogen-bond donors (Lipinski definition) is 2. The first-order valence-corrected chi connectivity index (χ1v) is 8.23. The lowest BCUT2D eigenvalue weighted by molar-refractivity contribution is -0.157. The molecule has 1 aliphatic heterocycles. The molecule has 1 heterocycles. The van der Waals surface area contributed by atoms with Gasteiger partial charge in [0, 0.05) is 18.1 Å². The van der Waals surface area contributed by atoms with E-state index in [9.17, 15) is 19.8 Å². The van der Waals surface area contributed by atoms with E-state index in [1.165, 1.54) is 6.07 Å². The Hall–Kier alpha value is -2.34. The zero-order valence-corrected chi connectivity index (χ0v) is 15.0. The molecule has 0 saturated carbocycles. The molecule has 0 aliphatic carbocycles. The lowest BCUT2D eigenvalue weighted by Gasteiger charge is -2.30. The number of phenolic OH excluding ortho intramolecular Hbond substituents is 1. The molecule has 136 valence electrons. The van der Waals surface area contributed by atoms with Gasteiger partial charge in [0.2, 0.25) is 0 Å². The Balaban J connectivity index is 2.27. The first-order valence-electron chi connectivity index (χ1n) is 8.23. The summed E-state index contributed by atoms with van der Waals surface area (Å²) >= 11 is 0. The fourth-order valence-electron chi connectivity index (χ4n) is 2.50. The molecule has 6 heteroatoms. The number of benzene rings is 1. The number of allylic oxidation sites excluding steroid dienone is 1. The monoisotopic (exact) mass is 348 g/mol. The Kier molecular flexibility index (Phi) is 5.52. The molecule has 0 unspecified atom stereocenters. The molecular weight excluding hydrogens is 324 g/mol. The number of aliphatic hydroxyl groups is 1. The van der Waals surface area contributed by atoms with Crippen LogP contribution >= 0.6 is 0 Å². The van der Waals surface area contributed by atoms with Crippen LogP contribution in [0.4, 0.5) is 0 Å². The molecule has 0 radical (unpaired) electrons. The number of hydrogen-bond acceptors (Lipinski definition) is 6. The van der Waals surface area contributed by atoms with Crippen molar-refractivity contribution in [3.63, 3.8) is 0 Å². The molecule has 1 atom stereocenters. The molecule has 1 aromatic carbocycles. The molecule has 0 aromatic heterocycles. The van der Waals surface area contributed by atoms with Crippen molar-refractivity contribution in [2.75, 3.05) is 0 Å². The second kappa shape index (κ2) is 7.27. The van der Waals surface area contributed by atoms with Gasteiger partial charge in [-0.15, -0.1) is 0 Å². The van der Waals surface area contributed by atoms with Gasteiger partial charge in [0.25, 0.3) is 0 Å². The van der Waals surface area contributed by atoms with Crippen LogP contribution in [0.1, 0.15) is 45.2 Å². The highest BCUT2D eigenvalue weighted by Crippen LogP contribution is 2.34. The fourth-order valence-corrected chi connectivity index (χ4v) is 2.50. The number of carbonyl (C=O) groups excluding carboxylic acids is 2. The Morgan fingerprint density at radius 2 is 2.08 bits per heavy atom. The van der Waals surface area contributed by atoms with E-state index in [2.05, 4.69) is 0 Å². The van der Waals surface area contributed by atoms with Gasteiger partial charge in [-0.05, 0) is 51.3 Å². The van der Waals surface area contributed by atoms with Gasteiger partial charge in [0.05, 0.1) is 12.0 Å². The van der Waals surface area contributed by atoms with E-state index in [-0.39, 0.29) is 24.6 Å². The minimum Gasteiger partial charge on any atom is -0.508 e. The Morgan fingerprint density at radius 3 is 2.68 bits per heavy atom. The standard InChI is InChI=1S/C19H24O6/c1-5-11(2)18(22)25-16(19(3,4)23)9-13-8-12-6-7-17(21)24-15(12)10-14(13)20/h5,8,10,16,20,23H,6-7,9H2,1-4H3/b11-5-/t16-/m1/s1.